The summed E-state index contributed by atoms with van der Waals surface area (Å²) in [6.45, 7) is 3.47. The lowest BCUT2D eigenvalue weighted by molar-refractivity contribution is -0.130. The van der Waals surface area contributed by atoms with Gasteiger partial charge >= 0.3 is 0 Å². The standard InChI is InChI=1S/C21H21N5O3/c1-15(27)24-10-12-25(13-11-24)20(28)18-21(29)26(14-16-6-3-2-4-7-16)19-17(23-18)8-5-9-22-19/h2-9H,10-14H2,1H3. The van der Waals surface area contributed by atoms with Gasteiger partial charge in [-0.15, -0.1) is 0 Å². The molecule has 148 valence electrons. The van der Waals surface area contributed by atoms with E-state index in [9.17, 15) is 14.4 Å². The fourth-order valence-electron chi connectivity index (χ4n) is 3.50. The predicted octanol–water partition coefficient (Wildman–Crippen LogP) is 1.14. The number of aromatic nitrogens is 3. The second-order valence-electron chi connectivity index (χ2n) is 6.98. The van der Waals surface area contributed by atoms with Gasteiger partial charge in [0.2, 0.25) is 5.91 Å². The average molecular weight is 391 g/mol. The van der Waals surface area contributed by atoms with E-state index in [2.05, 4.69) is 9.97 Å². The number of rotatable bonds is 3. The molecule has 2 aromatic heterocycles. The molecule has 1 saturated heterocycles. The minimum atomic E-state index is -0.459. The Balaban J connectivity index is 1.72. The Bertz CT molecular complexity index is 1120. The first-order valence-corrected chi connectivity index (χ1v) is 9.49. The Hall–Kier alpha value is -3.55. The quantitative estimate of drug-likeness (QED) is 0.668. The molecular formula is C21H21N5O3. The lowest BCUT2D eigenvalue weighted by Gasteiger charge is -2.33. The van der Waals surface area contributed by atoms with Crippen LogP contribution in [0.15, 0.2) is 53.5 Å². The topological polar surface area (TPSA) is 88.4 Å². The van der Waals surface area contributed by atoms with Crippen molar-refractivity contribution >= 4 is 23.0 Å². The van der Waals surface area contributed by atoms with Crippen LogP contribution in [0.5, 0.6) is 0 Å². The summed E-state index contributed by atoms with van der Waals surface area (Å²) in [4.78, 5) is 49.7. The van der Waals surface area contributed by atoms with E-state index in [0.717, 1.165) is 5.56 Å². The number of benzene rings is 1. The summed E-state index contributed by atoms with van der Waals surface area (Å²) in [5.41, 5.74) is 1.30. The van der Waals surface area contributed by atoms with Crippen LogP contribution >= 0.6 is 0 Å². The highest BCUT2D eigenvalue weighted by Crippen LogP contribution is 2.12. The maximum atomic E-state index is 13.2. The smallest absolute Gasteiger partial charge is 0.284 e. The monoisotopic (exact) mass is 391 g/mol. The minimum absolute atomic E-state index is 0.0165. The van der Waals surface area contributed by atoms with Crippen LogP contribution in [-0.2, 0) is 11.3 Å². The molecule has 8 nitrogen and oxygen atoms in total. The van der Waals surface area contributed by atoms with Crippen LogP contribution in [0, 0.1) is 0 Å². The first-order valence-electron chi connectivity index (χ1n) is 9.49. The zero-order valence-electron chi connectivity index (χ0n) is 16.1. The number of hydrogen-bond acceptors (Lipinski definition) is 5. The third-order valence-electron chi connectivity index (χ3n) is 5.10. The highest BCUT2D eigenvalue weighted by atomic mass is 16.2. The van der Waals surface area contributed by atoms with E-state index < -0.39 is 11.5 Å². The molecule has 1 aliphatic rings. The molecule has 4 rings (SSSR count). The molecule has 0 N–H and O–H groups in total. The van der Waals surface area contributed by atoms with Gasteiger partial charge in [-0.3, -0.25) is 19.0 Å². The Morgan fingerprint density at radius 2 is 1.66 bits per heavy atom. The SMILES string of the molecule is CC(=O)N1CCN(C(=O)c2nc3cccnc3n(Cc3ccccc3)c2=O)CC1. The number of hydrogen-bond donors (Lipinski definition) is 0. The van der Waals surface area contributed by atoms with Crippen molar-refractivity contribution in [3.63, 3.8) is 0 Å². The molecule has 8 heteroatoms. The number of pyridine rings is 1. The Morgan fingerprint density at radius 1 is 0.966 bits per heavy atom. The first-order chi connectivity index (χ1) is 14.0. The molecule has 29 heavy (non-hydrogen) atoms. The van der Waals surface area contributed by atoms with Crippen molar-refractivity contribution < 1.29 is 9.59 Å². The highest BCUT2D eigenvalue weighted by molar-refractivity contribution is 5.93. The van der Waals surface area contributed by atoms with Gasteiger partial charge in [0.1, 0.15) is 5.52 Å². The van der Waals surface area contributed by atoms with Crippen LogP contribution in [0.2, 0.25) is 0 Å². The second-order valence-corrected chi connectivity index (χ2v) is 6.98. The molecular weight excluding hydrogens is 370 g/mol. The van der Waals surface area contributed by atoms with Gasteiger partial charge in [-0.1, -0.05) is 30.3 Å². The summed E-state index contributed by atoms with van der Waals surface area (Å²) >= 11 is 0. The number of nitrogens with zero attached hydrogens (tertiary/aromatic N) is 5. The van der Waals surface area contributed by atoms with Gasteiger partial charge in [0, 0.05) is 39.3 Å². The molecule has 0 spiro atoms. The minimum Gasteiger partial charge on any atom is -0.339 e. The van der Waals surface area contributed by atoms with Crippen LogP contribution in [0.1, 0.15) is 23.0 Å². The lowest BCUT2D eigenvalue weighted by atomic mass is 10.2. The van der Waals surface area contributed by atoms with Gasteiger partial charge in [-0.05, 0) is 17.7 Å². The van der Waals surface area contributed by atoms with Crippen LogP contribution in [-0.4, -0.2) is 62.3 Å². The van der Waals surface area contributed by atoms with E-state index in [1.165, 1.54) is 11.5 Å². The summed E-state index contributed by atoms with van der Waals surface area (Å²) in [6.07, 6.45) is 1.60. The van der Waals surface area contributed by atoms with Gasteiger partial charge < -0.3 is 9.80 Å². The van der Waals surface area contributed by atoms with E-state index >= 15 is 0 Å². The molecule has 0 saturated carbocycles. The van der Waals surface area contributed by atoms with Crippen LogP contribution in [0.4, 0.5) is 0 Å². The maximum absolute atomic E-state index is 13.2. The fourth-order valence-corrected chi connectivity index (χ4v) is 3.50. The Morgan fingerprint density at radius 3 is 2.34 bits per heavy atom. The summed E-state index contributed by atoms with van der Waals surface area (Å²) in [5, 5.41) is 0. The number of carbonyl (C=O) groups excluding carboxylic acids is 2. The maximum Gasteiger partial charge on any atom is 0.284 e. The summed E-state index contributed by atoms with van der Waals surface area (Å²) in [5.74, 6) is -0.428. The van der Waals surface area contributed by atoms with Crippen LogP contribution in [0.3, 0.4) is 0 Å². The van der Waals surface area contributed by atoms with E-state index in [1.54, 1.807) is 28.1 Å². The van der Waals surface area contributed by atoms with E-state index in [1.807, 2.05) is 30.3 Å². The zero-order chi connectivity index (χ0) is 20.4. The number of piperazine rings is 1. The predicted molar refractivity (Wildman–Crippen MR) is 107 cm³/mol. The van der Waals surface area contributed by atoms with Crippen molar-refractivity contribution in [1.29, 1.82) is 0 Å². The van der Waals surface area contributed by atoms with Crippen LogP contribution in [0.25, 0.3) is 11.2 Å². The van der Waals surface area contributed by atoms with Crippen molar-refractivity contribution in [2.75, 3.05) is 26.2 Å². The molecule has 1 aliphatic heterocycles. The van der Waals surface area contributed by atoms with E-state index in [0.29, 0.717) is 43.9 Å². The highest BCUT2D eigenvalue weighted by Gasteiger charge is 2.27. The fraction of sp³-hybridized carbons (Fsp3) is 0.286. The normalized spacial score (nSPS) is 14.2. The molecule has 3 heterocycles. The van der Waals surface area contributed by atoms with Crippen molar-refractivity contribution in [1.82, 2.24) is 24.3 Å². The van der Waals surface area contributed by atoms with E-state index in [4.69, 9.17) is 0 Å². The van der Waals surface area contributed by atoms with Gasteiger partial charge in [0.05, 0.1) is 6.54 Å². The molecule has 0 aliphatic carbocycles. The number of carbonyl (C=O) groups is 2. The number of fused-ring (bicyclic) bond motifs is 1. The molecule has 0 unspecified atom stereocenters. The molecule has 0 bridgehead atoms. The summed E-state index contributed by atoms with van der Waals surface area (Å²) in [6, 6.07) is 13.0. The Kier molecular flexibility index (Phi) is 5.07. The average Bonchev–Trinajstić information content (AvgIpc) is 2.76. The van der Waals surface area contributed by atoms with Gasteiger partial charge in [0.25, 0.3) is 11.5 Å². The van der Waals surface area contributed by atoms with Crippen molar-refractivity contribution in [2.24, 2.45) is 0 Å². The van der Waals surface area contributed by atoms with Crippen molar-refractivity contribution in [2.45, 2.75) is 13.5 Å². The summed E-state index contributed by atoms with van der Waals surface area (Å²) < 4.78 is 1.50. The molecule has 1 fully saturated rings. The molecule has 3 aromatic rings. The molecule has 0 radical (unpaired) electrons. The summed E-state index contributed by atoms with van der Waals surface area (Å²) in [7, 11) is 0. The van der Waals surface area contributed by atoms with Crippen LogP contribution < -0.4 is 5.56 Å². The lowest BCUT2D eigenvalue weighted by Crippen LogP contribution is -2.51. The van der Waals surface area contributed by atoms with Gasteiger partial charge in [-0.25, -0.2) is 9.97 Å². The number of amides is 2. The zero-order valence-corrected chi connectivity index (χ0v) is 16.1. The van der Waals surface area contributed by atoms with Crippen molar-refractivity contribution in [3.05, 3.63) is 70.3 Å². The van der Waals surface area contributed by atoms with Gasteiger partial charge in [0.15, 0.2) is 11.3 Å². The second kappa shape index (κ2) is 7.83. The first kappa shape index (κ1) is 18.8. The third-order valence-corrected chi connectivity index (χ3v) is 5.10. The molecule has 0 atom stereocenters. The third kappa shape index (κ3) is 3.73. The molecule has 2 amide bonds. The molecule has 1 aromatic carbocycles. The van der Waals surface area contributed by atoms with E-state index in [-0.39, 0.29) is 11.6 Å². The largest absolute Gasteiger partial charge is 0.339 e. The van der Waals surface area contributed by atoms with Gasteiger partial charge in [-0.2, -0.15) is 0 Å². The Labute approximate surface area is 167 Å². The van der Waals surface area contributed by atoms with Crippen molar-refractivity contribution in [3.8, 4) is 0 Å².